The number of nitrogen functional groups attached to an aromatic ring is 1. The number of pyridine rings is 1. The number of carbonyl (C=O) groups excluding carboxylic acids is 1. The fourth-order valence-corrected chi connectivity index (χ4v) is 1.98. The topological polar surface area (TPSA) is 88.0 Å². The SMILES string of the molecule is NNC(=O)c1ccc(-c2cc(Cl)ccc2Cl)[nH]c1=O. The van der Waals surface area contributed by atoms with Gasteiger partial charge in [-0.2, -0.15) is 0 Å². The minimum atomic E-state index is -0.662. The van der Waals surface area contributed by atoms with E-state index in [1.54, 1.807) is 24.3 Å². The van der Waals surface area contributed by atoms with E-state index in [9.17, 15) is 9.59 Å². The molecule has 1 heterocycles. The number of rotatable bonds is 2. The quantitative estimate of drug-likeness (QED) is 0.450. The molecule has 0 saturated heterocycles. The van der Waals surface area contributed by atoms with Crippen LogP contribution in [0.3, 0.4) is 0 Å². The van der Waals surface area contributed by atoms with Gasteiger partial charge in [-0.25, -0.2) is 5.84 Å². The fourth-order valence-electron chi connectivity index (χ4n) is 1.59. The molecule has 0 aliphatic heterocycles. The smallest absolute Gasteiger partial charge is 0.270 e. The van der Waals surface area contributed by atoms with Crippen molar-refractivity contribution < 1.29 is 4.79 Å². The highest BCUT2D eigenvalue weighted by molar-refractivity contribution is 6.35. The molecule has 0 atom stereocenters. The van der Waals surface area contributed by atoms with Gasteiger partial charge in [0.2, 0.25) is 0 Å². The van der Waals surface area contributed by atoms with E-state index in [2.05, 4.69) is 4.98 Å². The average Bonchev–Trinajstić information content (AvgIpc) is 2.40. The third-order valence-corrected chi connectivity index (χ3v) is 3.07. The number of hydrazine groups is 1. The third kappa shape index (κ3) is 2.78. The molecule has 0 bridgehead atoms. The number of halogens is 2. The van der Waals surface area contributed by atoms with Crippen LogP contribution in [-0.4, -0.2) is 10.9 Å². The van der Waals surface area contributed by atoms with Gasteiger partial charge in [0.25, 0.3) is 11.5 Å². The van der Waals surface area contributed by atoms with Gasteiger partial charge < -0.3 is 4.98 Å². The Kier molecular flexibility index (Phi) is 3.90. The van der Waals surface area contributed by atoms with Gasteiger partial charge in [-0.15, -0.1) is 0 Å². The van der Waals surface area contributed by atoms with Gasteiger partial charge >= 0.3 is 0 Å². The zero-order valence-electron chi connectivity index (χ0n) is 9.54. The van der Waals surface area contributed by atoms with Crippen LogP contribution in [0.15, 0.2) is 35.1 Å². The monoisotopic (exact) mass is 297 g/mol. The van der Waals surface area contributed by atoms with Crippen molar-refractivity contribution in [3.8, 4) is 11.3 Å². The van der Waals surface area contributed by atoms with Crippen LogP contribution in [0.1, 0.15) is 10.4 Å². The first-order valence-corrected chi connectivity index (χ1v) is 5.98. The molecule has 0 fully saturated rings. The minimum absolute atomic E-state index is 0.0793. The number of hydrogen-bond acceptors (Lipinski definition) is 3. The summed E-state index contributed by atoms with van der Waals surface area (Å²) in [6.45, 7) is 0. The third-order valence-electron chi connectivity index (χ3n) is 2.50. The van der Waals surface area contributed by atoms with Crippen LogP contribution in [0.5, 0.6) is 0 Å². The Morgan fingerprint density at radius 1 is 1.21 bits per heavy atom. The van der Waals surface area contributed by atoms with Gasteiger partial charge in [-0.3, -0.25) is 15.0 Å². The molecule has 1 aromatic carbocycles. The van der Waals surface area contributed by atoms with Crippen LogP contribution >= 0.6 is 23.2 Å². The molecule has 0 aliphatic carbocycles. The number of H-pyrrole nitrogens is 1. The summed E-state index contributed by atoms with van der Waals surface area (Å²) in [5, 5.41) is 0.931. The molecule has 2 aromatic rings. The van der Waals surface area contributed by atoms with E-state index in [0.29, 0.717) is 21.3 Å². The Balaban J connectivity index is 2.54. The second-order valence-electron chi connectivity index (χ2n) is 3.71. The van der Waals surface area contributed by atoms with Crippen molar-refractivity contribution in [3.63, 3.8) is 0 Å². The average molecular weight is 298 g/mol. The van der Waals surface area contributed by atoms with Crippen LogP contribution in [0.4, 0.5) is 0 Å². The Morgan fingerprint density at radius 2 is 1.95 bits per heavy atom. The molecule has 0 unspecified atom stereocenters. The molecular weight excluding hydrogens is 289 g/mol. The highest BCUT2D eigenvalue weighted by Crippen LogP contribution is 2.28. The number of aromatic nitrogens is 1. The summed E-state index contributed by atoms with van der Waals surface area (Å²) in [6, 6.07) is 7.81. The lowest BCUT2D eigenvalue weighted by Gasteiger charge is -2.06. The van der Waals surface area contributed by atoms with E-state index < -0.39 is 11.5 Å². The number of benzene rings is 1. The van der Waals surface area contributed by atoms with Gasteiger partial charge in [0.05, 0.1) is 0 Å². The standard InChI is InChI=1S/C12H9Cl2N3O2/c13-6-1-3-9(14)8(5-6)10-4-2-7(11(18)16-10)12(19)17-15/h1-5H,15H2,(H,16,18)(H,17,19). The molecule has 2 rings (SSSR count). The molecule has 98 valence electrons. The summed E-state index contributed by atoms with van der Waals surface area (Å²) in [7, 11) is 0. The maximum Gasteiger partial charge on any atom is 0.270 e. The molecule has 1 aromatic heterocycles. The first-order valence-electron chi connectivity index (χ1n) is 5.22. The van der Waals surface area contributed by atoms with E-state index in [1.807, 2.05) is 5.43 Å². The van der Waals surface area contributed by atoms with Crippen molar-refractivity contribution >= 4 is 29.1 Å². The number of amides is 1. The summed E-state index contributed by atoms with van der Waals surface area (Å²) in [4.78, 5) is 25.6. The predicted octanol–water partition coefficient (Wildman–Crippen LogP) is 1.95. The van der Waals surface area contributed by atoms with Crippen molar-refractivity contribution in [1.29, 1.82) is 0 Å². The van der Waals surface area contributed by atoms with Gasteiger partial charge in [0.15, 0.2) is 0 Å². The summed E-state index contributed by atoms with van der Waals surface area (Å²) in [5.41, 5.74) is 2.30. The highest BCUT2D eigenvalue weighted by atomic mass is 35.5. The van der Waals surface area contributed by atoms with Crippen LogP contribution in [-0.2, 0) is 0 Å². The van der Waals surface area contributed by atoms with Crippen molar-refractivity contribution in [2.75, 3.05) is 0 Å². The maximum atomic E-state index is 11.8. The normalized spacial score (nSPS) is 10.3. The number of nitrogens with two attached hydrogens (primary N) is 1. The number of aromatic amines is 1. The lowest BCUT2D eigenvalue weighted by molar-refractivity contribution is 0.0952. The molecule has 0 aliphatic rings. The zero-order valence-corrected chi connectivity index (χ0v) is 11.0. The second kappa shape index (κ2) is 5.44. The maximum absolute atomic E-state index is 11.8. The summed E-state index contributed by atoms with van der Waals surface area (Å²) >= 11 is 11.9. The van der Waals surface area contributed by atoms with E-state index in [1.165, 1.54) is 6.07 Å². The Hall–Kier alpha value is -1.82. The van der Waals surface area contributed by atoms with Crippen molar-refractivity contribution in [2.45, 2.75) is 0 Å². The van der Waals surface area contributed by atoms with Gasteiger partial charge in [-0.05, 0) is 30.3 Å². The molecule has 0 saturated carbocycles. The van der Waals surface area contributed by atoms with Crippen LogP contribution in [0.25, 0.3) is 11.3 Å². The van der Waals surface area contributed by atoms with E-state index in [-0.39, 0.29) is 5.56 Å². The summed E-state index contributed by atoms with van der Waals surface area (Å²) < 4.78 is 0. The molecule has 5 nitrogen and oxygen atoms in total. The Labute approximate surface area is 118 Å². The summed E-state index contributed by atoms with van der Waals surface area (Å²) in [6.07, 6.45) is 0. The highest BCUT2D eigenvalue weighted by Gasteiger charge is 2.11. The first kappa shape index (κ1) is 13.6. The molecule has 19 heavy (non-hydrogen) atoms. The molecule has 0 radical (unpaired) electrons. The van der Waals surface area contributed by atoms with Crippen molar-refractivity contribution in [2.24, 2.45) is 5.84 Å². The van der Waals surface area contributed by atoms with E-state index in [0.717, 1.165) is 0 Å². The second-order valence-corrected chi connectivity index (χ2v) is 4.56. The molecular formula is C12H9Cl2N3O2. The van der Waals surface area contributed by atoms with Crippen LogP contribution in [0, 0.1) is 0 Å². The first-order chi connectivity index (χ1) is 9.02. The number of nitrogens with one attached hydrogen (secondary N) is 2. The van der Waals surface area contributed by atoms with E-state index >= 15 is 0 Å². The van der Waals surface area contributed by atoms with Gasteiger partial charge in [0.1, 0.15) is 5.56 Å². The zero-order chi connectivity index (χ0) is 14.0. The summed E-state index contributed by atoms with van der Waals surface area (Å²) in [5.74, 6) is 4.31. The van der Waals surface area contributed by atoms with E-state index in [4.69, 9.17) is 29.0 Å². The molecule has 7 heteroatoms. The van der Waals surface area contributed by atoms with Crippen LogP contribution < -0.4 is 16.8 Å². The van der Waals surface area contributed by atoms with Gasteiger partial charge in [0, 0.05) is 21.3 Å². The number of hydrogen-bond donors (Lipinski definition) is 3. The largest absolute Gasteiger partial charge is 0.321 e. The minimum Gasteiger partial charge on any atom is -0.321 e. The molecule has 1 amide bonds. The lowest BCUT2D eigenvalue weighted by Crippen LogP contribution is -2.34. The van der Waals surface area contributed by atoms with Crippen LogP contribution in [0.2, 0.25) is 10.0 Å². The Morgan fingerprint density at radius 3 is 2.58 bits per heavy atom. The van der Waals surface area contributed by atoms with Crippen molar-refractivity contribution in [3.05, 3.63) is 56.3 Å². The number of carbonyl (C=O) groups is 1. The molecule has 0 spiro atoms. The predicted molar refractivity (Wildman–Crippen MR) is 74.2 cm³/mol. The van der Waals surface area contributed by atoms with Crippen molar-refractivity contribution in [1.82, 2.24) is 10.4 Å². The Bertz CT molecular complexity index is 698. The van der Waals surface area contributed by atoms with Gasteiger partial charge in [-0.1, -0.05) is 23.2 Å². The molecule has 4 N–H and O–H groups in total. The fraction of sp³-hybridized carbons (Fsp3) is 0. The lowest BCUT2D eigenvalue weighted by atomic mass is 10.1.